The van der Waals surface area contributed by atoms with E-state index in [9.17, 15) is 4.79 Å². The van der Waals surface area contributed by atoms with Gasteiger partial charge in [0, 0.05) is 16.2 Å². The average molecular weight is 359 g/mol. The van der Waals surface area contributed by atoms with Gasteiger partial charge in [0.2, 0.25) is 0 Å². The highest BCUT2D eigenvalue weighted by Gasteiger charge is 2.39. The van der Waals surface area contributed by atoms with E-state index in [0.717, 1.165) is 16.9 Å². The second-order valence-electron chi connectivity index (χ2n) is 6.53. The van der Waals surface area contributed by atoms with Gasteiger partial charge in [-0.3, -0.25) is 4.79 Å². The minimum absolute atomic E-state index is 0.0393. The first-order chi connectivity index (χ1) is 12.8. The standard InChI is InChI=1S/C23H21NOS/c1-17(18-10-4-2-5-11-18)24-22(16-26-19-12-6-3-7-13-19)20-14-8-9-15-21(20)23(24)25/h2-15,17,22H,16H2,1H3/t17-,22+/m0/s1. The minimum Gasteiger partial charge on any atom is -0.324 e. The van der Waals surface area contributed by atoms with Gasteiger partial charge in [0.05, 0.1) is 12.1 Å². The van der Waals surface area contributed by atoms with Gasteiger partial charge in [-0.05, 0) is 36.2 Å². The number of rotatable bonds is 5. The smallest absolute Gasteiger partial charge is 0.255 e. The SMILES string of the molecule is C[C@@H](c1ccccc1)N1C(=O)c2ccccc2[C@H]1CSc1ccccc1. The van der Waals surface area contributed by atoms with Crippen LogP contribution in [0.1, 0.15) is 40.5 Å². The summed E-state index contributed by atoms with van der Waals surface area (Å²) in [6, 6.07) is 28.8. The molecule has 0 saturated heterocycles. The molecule has 4 rings (SSSR count). The molecule has 0 aliphatic carbocycles. The minimum atomic E-state index is 0.0393. The molecule has 1 aliphatic heterocycles. The topological polar surface area (TPSA) is 20.3 Å². The first-order valence-electron chi connectivity index (χ1n) is 8.90. The van der Waals surface area contributed by atoms with Crippen LogP contribution < -0.4 is 0 Å². The zero-order valence-electron chi connectivity index (χ0n) is 14.7. The number of benzene rings is 3. The number of carbonyl (C=O) groups is 1. The summed E-state index contributed by atoms with van der Waals surface area (Å²) in [6.07, 6.45) is 0. The van der Waals surface area contributed by atoms with E-state index in [2.05, 4.69) is 54.3 Å². The summed E-state index contributed by atoms with van der Waals surface area (Å²) in [4.78, 5) is 16.4. The molecule has 0 bridgehead atoms. The Balaban J connectivity index is 1.66. The predicted octanol–water partition coefficient (Wildman–Crippen LogP) is 5.74. The van der Waals surface area contributed by atoms with Crippen LogP contribution in [0.4, 0.5) is 0 Å². The molecule has 0 radical (unpaired) electrons. The highest BCUT2D eigenvalue weighted by atomic mass is 32.2. The molecular formula is C23H21NOS. The van der Waals surface area contributed by atoms with Gasteiger partial charge in [-0.25, -0.2) is 0 Å². The summed E-state index contributed by atoms with van der Waals surface area (Å²) in [5.74, 6) is 0.986. The Kier molecular flexibility index (Phi) is 4.81. The zero-order valence-corrected chi connectivity index (χ0v) is 15.5. The van der Waals surface area contributed by atoms with Gasteiger partial charge >= 0.3 is 0 Å². The molecule has 0 saturated carbocycles. The maximum absolute atomic E-state index is 13.1. The van der Waals surface area contributed by atoms with Crippen molar-refractivity contribution >= 4 is 17.7 Å². The maximum atomic E-state index is 13.1. The van der Waals surface area contributed by atoms with Crippen LogP contribution in [0.25, 0.3) is 0 Å². The lowest BCUT2D eigenvalue weighted by Crippen LogP contribution is -2.32. The van der Waals surface area contributed by atoms with E-state index in [1.807, 2.05) is 42.5 Å². The van der Waals surface area contributed by atoms with E-state index in [0.29, 0.717) is 0 Å². The van der Waals surface area contributed by atoms with Gasteiger partial charge in [0.25, 0.3) is 5.91 Å². The second-order valence-corrected chi connectivity index (χ2v) is 7.62. The molecule has 0 aromatic heterocycles. The van der Waals surface area contributed by atoms with Crippen molar-refractivity contribution in [2.24, 2.45) is 0 Å². The fraction of sp³-hybridized carbons (Fsp3) is 0.174. The molecule has 3 aromatic carbocycles. The molecule has 0 fully saturated rings. The highest BCUT2D eigenvalue weighted by molar-refractivity contribution is 7.99. The van der Waals surface area contributed by atoms with Gasteiger partial charge in [-0.1, -0.05) is 66.7 Å². The largest absolute Gasteiger partial charge is 0.324 e. The molecule has 3 heteroatoms. The molecule has 1 heterocycles. The van der Waals surface area contributed by atoms with Gasteiger partial charge < -0.3 is 4.90 Å². The van der Waals surface area contributed by atoms with Crippen LogP contribution in [-0.2, 0) is 0 Å². The maximum Gasteiger partial charge on any atom is 0.255 e. The first-order valence-corrected chi connectivity index (χ1v) is 9.88. The van der Waals surface area contributed by atoms with Crippen molar-refractivity contribution in [3.05, 3.63) is 102 Å². The van der Waals surface area contributed by atoms with E-state index in [1.165, 1.54) is 10.5 Å². The van der Waals surface area contributed by atoms with E-state index < -0.39 is 0 Å². The van der Waals surface area contributed by atoms with Crippen molar-refractivity contribution in [2.75, 3.05) is 5.75 Å². The Labute approximate surface area is 158 Å². The number of hydrogen-bond acceptors (Lipinski definition) is 2. The molecule has 26 heavy (non-hydrogen) atoms. The number of amides is 1. The summed E-state index contributed by atoms with van der Waals surface area (Å²) >= 11 is 1.81. The first kappa shape index (κ1) is 16.9. The van der Waals surface area contributed by atoms with Crippen LogP contribution in [0.5, 0.6) is 0 Å². The van der Waals surface area contributed by atoms with Crippen molar-refractivity contribution < 1.29 is 4.79 Å². The number of fused-ring (bicyclic) bond motifs is 1. The van der Waals surface area contributed by atoms with Gasteiger partial charge in [0.1, 0.15) is 0 Å². The Hall–Kier alpha value is -2.52. The molecule has 0 unspecified atom stereocenters. The monoisotopic (exact) mass is 359 g/mol. The highest BCUT2D eigenvalue weighted by Crippen LogP contribution is 2.42. The molecule has 0 spiro atoms. The molecule has 1 aliphatic rings. The number of carbonyl (C=O) groups excluding carboxylic acids is 1. The van der Waals surface area contributed by atoms with Crippen LogP contribution in [0.15, 0.2) is 89.8 Å². The number of thioether (sulfide) groups is 1. The third-order valence-electron chi connectivity index (χ3n) is 4.97. The van der Waals surface area contributed by atoms with E-state index in [-0.39, 0.29) is 18.0 Å². The molecular weight excluding hydrogens is 338 g/mol. The third kappa shape index (κ3) is 3.15. The van der Waals surface area contributed by atoms with Crippen LogP contribution in [0.3, 0.4) is 0 Å². The average Bonchev–Trinajstić information content (AvgIpc) is 2.99. The van der Waals surface area contributed by atoms with E-state index in [1.54, 1.807) is 11.8 Å². The van der Waals surface area contributed by atoms with Gasteiger partial charge in [-0.15, -0.1) is 11.8 Å². The lowest BCUT2D eigenvalue weighted by Gasteiger charge is -2.31. The summed E-state index contributed by atoms with van der Waals surface area (Å²) in [5, 5.41) is 0. The number of hydrogen-bond donors (Lipinski definition) is 0. The Morgan fingerprint density at radius 1 is 0.885 bits per heavy atom. The quantitative estimate of drug-likeness (QED) is 0.542. The molecule has 2 atom stereocenters. The third-order valence-corrected chi connectivity index (χ3v) is 6.06. The molecule has 1 amide bonds. The van der Waals surface area contributed by atoms with Crippen molar-refractivity contribution in [1.82, 2.24) is 4.90 Å². The van der Waals surface area contributed by atoms with Crippen LogP contribution in [0.2, 0.25) is 0 Å². The van der Waals surface area contributed by atoms with E-state index in [4.69, 9.17) is 0 Å². The number of nitrogens with zero attached hydrogens (tertiary/aromatic N) is 1. The zero-order chi connectivity index (χ0) is 17.9. The summed E-state index contributed by atoms with van der Waals surface area (Å²) in [7, 11) is 0. The van der Waals surface area contributed by atoms with Gasteiger partial charge in [-0.2, -0.15) is 0 Å². The van der Waals surface area contributed by atoms with Crippen molar-refractivity contribution in [2.45, 2.75) is 23.9 Å². The second kappa shape index (κ2) is 7.38. The molecule has 130 valence electrons. The normalized spacial score (nSPS) is 17.2. The van der Waals surface area contributed by atoms with Crippen molar-refractivity contribution in [3.8, 4) is 0 Å². The van der Waals surface area contributed by atoms with Crippen LogP contribution >= 0.6 is 11.8 Å². The van der Waals surface area contributed by atoms with Crippen molar-refractivity contribution in [3.63, 3.8) is 0 Å². The Bertz CT molecular complexity index is 894. The molecule has 3 aromatic rings. The van der Waals surface area contributed by atoms with Crippen LogP contribution in [-0.4, -0.2) is 16.6 Å². The Morgan fingerprint density at radius 2 is 1.50 bits per heavy atom. The van der Waals surface area contributed by atoms with Crippen molar-refractivity contribution in [1.29, 1.82) is 0 Å². The summed E-state index contributed by atoms with van der Waals surface area (Å²) in [5.41, 5.74) is 3.15. The summed E-state index contributed by atoms with van der Waals surface area (Å²) < 4.78 is 0. The Morgan fingerprint density at radius 3 is 2.23 bits per heavy atom. The predicted molar refractivity (Wildman–Crippen MR) is 107 cm³/mol. The molecule has 2 nitrogen and oxygen atoms in total. The van der Waals surface area contributed by atoms with E-state index >= 15 is 0 Å². The fourth-order valence-electron chi connectivity index (χ4n) is 3.61. The lowest BCUT2D eigenvalue weighted by atomic mass is 10.0. The van der Waals surface area contributed by atoms with Crippen LogP contribution in [0, 0.1) is 0 Å². The summed E-state index contributed by atoms with van der Waals surface area (Å²) in [6.45, 7) is 2.12. The molecule has 0 N–H and O–H groups in total. The lowest BCUT2D eigenvalue weighted by molar-refractivity contribution is 0.0663. The van der Waals surface area contributed by atoms with Gasteiger partial charge in [0.15, 0.2) is 0 Å². The fourth-order valence-corrected chi connectivity index (χ4v) is 4.65.